The van der Waals surface area contributed by atoms with Gasteiger partial charge in [0.2, 0.25) is 0 Å². The number of carbonyl (C=O) groups is 1. The van der Waals surface area contributed by atoms with E-state index in [1.807, 2.05) is 6.07 Å². The molecule has 1 fully saturated rings. The summed E-state index contributed by atoms with van der Waals surface area (Å²) in [5, 5.41) is 0. The Bertz CT molecular complexity index is 452. The molecule has 0 spiro atoms. The topological polar surface area (TPSA) is 44.8 Å². The van der Waals surface area contributed by atoms with Gasteiger partial charge in [-0.15, -0.1) is 0 Å². The van der Waals surface area contributed by atoms with Crippen molar-refractivity contribution in [2.75, 3.05) is 13.2 Å². The van der Waals surface area contributed by atoms with E-state index in [0.717, 1.165) is 17.2 Å². The number of halogens is 1. The SMILES string of the molecule is C=COC(=O)c1cc(Br)cc(O[C@H]2CCOC2)c1. The summed E-state index contributed by atoms with van der Waals surface area (Å²) in [6, 6.07) is 5.13. The Balaban J connectivity index is 2.14. The highest BCUT2D eigenvalue weighted by atomic mass is 79.9. The number of hydrogen-bond acceptors (Lipinski definition) is 4. The Labute approximate surface area is 114 Å². The summed E-state index contributed by atoms with van der Waals surface area (Å²) in [4.78, 5) is 11.6. The quantitative estimate of drug-likeness (QED) is 0.633. The summed E-state index contributed by atoms with van der Waals surface area (Å²) in [6.07, 6.45) is 2.01. The largest absolute Gasteiger partial charge is 0.488 e. The minimum absolute atomic E-state index is 0.0441. The van der Waals surface area contributed by atoms with Gasteiger partial charge in [0.1, 0.15) is 11.9 Å². The summed E-state index contributed by atoms with van der Waals surface area (Å²) in [7, 11) is 0. The van der Waals surface area contributed by atoms with Crippen LogP contribution >= 0.6 is 15.9 Å². The van der Waals surface area contributed by atoms with Crippen LogP contribution in [0.1, 0.15) is 16.8 Å². The van der Waals surface area contributed by atoms with Gasteiger partial charge >= 0.3 is 5.97 Å². The van der Waals surface area contributed by atoms with Crippen molar-refractivity contribution in [3.05, 3.63) is 41.1 Å². The molecule has 0 aliphatic carbocycles. The second-order valence-electron chi connectivity index (χ2n) is 3.85. The van der Waals surface area contributed by atoms with Crippen molar-refractivity contribution in [1.82, 2.24) is 0 Å². The molecule has 0 saturated carbocycles. The van der Waals surface area contributed by atoms with Crippen LogP contribution in [0.4, 0.5) is 0 Å². The van der Waals surface area contributed by atoms with Gasteiger partial charge < -0.3 is 14.2 Å². The number of esters is 1. The number of rotatable bonds is 4. The van der Waals surface area contributed by atoms with Crippen molar-refractivity contribution in [2.24, 2.45) is 0 Å². The predicted molar refractivity (Wildman–Crippen MR) is 69.6 cm³/mol. The van der Waals surface area contributed by atoms with Crippen molar-refractivity contribution < 1.29 is 19.0 Å². The van der Waals surface area contributed by atoms with Crippen LogP contribution in [-0.2, 0) is 9.47 Å². The van der Waals surface area contributed by atoms with Crippen LogP contribution in [0.25, 0.3) is 0 Å². The molecule has 1 aliphatic heterocycles. The van der Waals surface area contributed by atoms with Gasteiger partial charge in [-0.1, -0.05) is 22.5 Å². The lowest BCUT2D eigenvalue weighted by Gasteiger charge is -2.13. The Morgan fingerprint density at radius 3 is 3.00 bits per heavy atom. The lowest BCUT2D eigenvalue weighted by Crippen LogP contribution is -2.16. The molecule has 1 heterocycles. The van der Waals surface area contributed by atoms with Gasteiger partial charge in [-0.05, 0) is 18.2 Å². The summed E-state index contributed by atoms with van der Waals surface area (Å²) in [6.45, 7) is 4.65. The third-order valence-electron chi connectivity index (χ3n) is 2.49. The van der Waals surface area contributed by atoms with Gasteiger partial charge in [-0.25, -0.2) is 4.79 Å². The van der Waals surface area contributed by atoms with E-state index in [4.69, 9.17) is 14.2 Å². The fourth-order valence-electron chi connectivity index (χ4n) is 1.69. The highest BCUT2D eigenvalue weighted by Crippen LogP contribution is 2.24. The first-order valence-corrected chi connectivity index (χ1v) is 6.35. The first-order valence-electron chi connectivity index (χ1n) is 5.56. The molecule has 0 aromatic heterocycles. The van der Waals surface area contributed by atoms with E-state index in [1.54, 1.807) is 12.1 Å². The maximum atomic E-state index is 11.6. The maximum absolute atomic E-state index is 11.6. The molecule has 18 heavy (non-hydrogen) atoms. The van der Waals surface area contributed by atoms with Gasteiger partial charge in [-0.2, -0.15) is 0 Å². The van der Waals surface area contributed by atoms with Crippen LogP contribution in [0.15, 0.2) is 35.5 Å². The summed E-state index contributed by atoms with van der Waals surface area (Å²) < 4.78 is 16.5. The van der Waals surface area contributed by atoms with Crippen molar-refractivity contribution in [3.8, 4) is 5.75 Å². The van der Waals surface area contributed by atoms with Crippen molar-refractivity contribution >= 4 is 21.9 Å². The number of ether oxygens (including phenoxy) is 3. The molecule has 0 bridgehead atoms. The fraction of sp³-hybridized carbons (Fsp3) is 0.308. The number of hydrogen-bond donors (Lipinski definition) is 0. The predicted octanol–water partition coefficient (Wildman–Crippen LogP) is 2.92. The zero-order valence-corrected chi connectivity index (χ0v) is 11.3. The highest BCUT2D eigenvalue weighted by molar-refractivity contribution is 9.10. The molecule has 4 nitrogen and oxygen atoms in total. The van der Waals surface area contributed by atoms with Crippen molar-refractivity contribution in [1.29, 1.82) is 0 Å². The van der Waals surface area contributed by atoms with E-state index in [0.29, 0.717) is 24.5 Å². The third kappa shape index (κ3) is 3.34. The lowest BCUT2D eigenvalue weighted by atomic mass is 10.2. The molecule has 0 amide bonds. The van der Waals surface area contributed by atoms with Crippen LogP contribution in [0, 0.1) is 0 Å². The molecule has 1 aliphatic rings. The summed E-state index contributed by atoms with van der Waals surface area (Å²) >= 11 is 3.34. The maximum Gasteiger partial charge on any atom is 0.343 e. The highest BCUT2D eigenvalue weighted by Gasteiger charge is 2.18. The molecule has 1 atom stereocenters. The van der Waals surface area contributed by atoms with Crippen LogP contribution in [0.3, 0.4) is 0 Å². The zero-order valence-electron chi connectivity index (χ0n) is 9.73. The standard InChI is InChI=1S/C13H13BrO4/c1-2-17-13(15)9-5-10(14)7-12(6-9)18-11-3-4-16-8-11/h2,5-7,11H,1,3-4,8H2/t11-/m0/s1. The molecule has 0 N–H and O–H groups in total. The molecule has 5 heteroatoms. The Morgan fingerprint density at radius 1 is 1.50 bits per heavy atom. The Hall–Kier alpha value is -1.33. The summed E-state index contributed by atoms with van der Waals surface area (Å²) in [5.41, 5.74) is 0.415. The molecule has 1 saturated heterocycles. The zero-order chi connectivity index (χ0) is 13.0. The van der Waals surface area contributed by atoms with Gasteiger partial charge in [0.15, 0.2) is 0 Å². The van der Waals surface area contributed by atoms with Gasteiger partial charge in [0.05, 0.1) is 25.0 Å². The minimum Gasteiger partial charge on any atom is -0.488 e. The minimum atomic E-state index is -0.459. The molecule has 0 radical (unpaired) electrons. The van der Waals surface area contributed by atoms with Crippen LogP contribution < -0.4 is 4.74 Å². The van der Waals surface area contributed by atoms with Crippen molar-refractivity contribution in [3.63, 3.8) is 0 Å². The molecule has 1 aromatic carbocycles. The molecular weight excluding hydrogens is 300 g/mol. The van der Waals surface area contributed by atoms with E-state index < -0.39 is 5.97 Å². The van der Waals surface area contributed by atoms with E-state index >= 15 is 0 Å². The molecule has 2 rings (SSSR count). The third-order valence-corrected chi connectivity index (χ3v) is 2.95. The number of benzene rings is 1. The van der Waals surface area contributed by atoms with Crippen molar-refractivity contribution in [2.45, 2.75) is 12.5 Å². The van der Waals surface area contributed by atoms with E-state index in [-0.39, 0.29) is 6.10 Å². The molecule has 0 unspecified atom stereocenters. The Morgan fingerprint density at radius 2 is 2.33 bits per heavy atom. The average Bonchev–Trinajstić information content (AvgIpc) is 2.81. The van der Waals surface area contributed by atoms with Gasteiger partial charge in [-0.3, -0.25) is 0 Å². The summed E-state index contributed by atoms with van der Waals surface area (Å²) in [5.74, 6) is 0.162. The van der Waals surface area contributed by atoms with E-state index in [2.05, 4.69) is 22.5 Å². The molecule has 96 valence electrons. The Kier molecular flexibility index (Phi) is 4.38. The smallest absolute Gasteiger partial charge is 0.343 e. The monoisotopic (exact) mass is 312 g/mol. The molecular formula is C13H13BrO4. The second-order valence-corrected chi connectivity index (χ2v) is 4.77. The van der Waals surface area contributed by atoms with Crippen LogP contribution in [0.2, 0.25) is 0 Å². The fourth-order valence-corrected chi connectivity index (χ4v) is 2.16. The second kappa shape index (κ2) is 6.02. The van der Waals surface area contributed by atoms with Gasteiger partial charge in [0, 0.05) is 10.9 Å². The van der Waals surface area contributed by atoms with Crippen LogP contribution in [0.5, 0.6) is 5.75 Å². The van der Waals surface area contributed by atoms with Gasteiger partial charge in [0.25, 0.3) is 0 Å². The lowest BCUT2D eigenvalue weighted by molar-refractivity contribution is 0.0663. The first-order chi connectivity index (χ1) is 8.69. The van der Waals surface area contributed by atoms with E-state index in [9.17, 15) is 4.79 Å². The average molecular weight is 313 g/mol. The van der Waals surface area contributed by atoms with Crippen LogP contribution in [-0.4, -0.2) is 25.3 Å². The normalized spacial score (nSPS) is 18.4. The first kappa shape index (κ1) is 13.1. The molecule has 1 aromatic rings. The number of carbonyl (C=O) groups excluding carboxylic acids is 1. The van der Waals surface area contributed by atoms with E-state index in [1.165, 1.54) is 0 Å².